The van der Waals surface area contributed by atoms with Gasteiger partial charge in [-0.1, -0.05) is 30.3 Å². The van der Waals surface area contributed by atoms with Gasteiger partial charge in [0.1, 0.15) is 5.75 Å². The molecule has 0 unspecified atom stereocenters. The number of Topliss-reactive ketones (excluding diaryl/α,β-unsaturated/α-hetero) is 1. The van der Waals surface area contributed by atoms with Gasteiger partial charge in [-0.25, -0.2) is 0 Å². The first-order valence-corrected chi connectivity index (χ1v) is 7.27. The first-order chi connectivity index (χ1) is 10.4. The number of carbonyl (C=O) groups excluding carboxylic acids is 1. The molecule has 1 heterocycles. The second kappa shape index (κ2) is 5.05. The highest BCUT2D eigenvalue weighted by atomic mass is 16.3. The Hall–Kier alpha value is -2.49. The fourth-order valence-electron chi connectivity index (χ4n) is 2.80. The summed E-state index contributed by atoms with van der Waals surface area (Å²) in [5, 5.41) is 12.1. The van der Waals surface area contributed by atoms with Gasteiger partial charge in [-0.2, -0.15) is 0 Å². The van der Waals surface area contributed by atoms with Crippen LogP contribution in [0.25, 0.3) is 10.8 Å². The highest BCUT2D eigenvalue weighted by Crippen LogP contribution is 2.30. The fourth-order valence-corrected chi connectivity index (χ4v) is 2.80. The minimum atomic E-state index is -1.07. The van der Waals surface area contributed by atoms with E-state index in [4.69, 9.17) is 0 Å². The van der Waals surface area contributed by atoms with Crippen molar-refractivity contribution in [2.45, 2.75) is 32.9 Å². The van der Waals surface area contributed by atoms with Gasteiger partial charge in [0.15, 0.2) is 5.78 Å². The van der Waals surface area contributed by atoms with Crippen LogP contribution >= 0.6 is 0 Å². The molecular weight excluding hydrogens is 276 g/mol. The molecule has 0 aliphatic carbocycles. The van der Waals surface area contributed by atoms with Crippen molar-refractivity contribution >= 4 is 28.0 Å². The van der Waals surface area contributed by atoms with E-state index in [9.17, 15) is 9.90 Å². The molecule has 0 radical (unpaired) electrons. The molecule has 3 rings (SSSR count). The average molecular weight is 294 g/mol. The summed E-state index contributed by atoms with van der Waals surface area (Å²) in [6.45, 7) is 5.43. The molecule has 1 aliphatic rings. The molecule has 0 saturated heterocycles. The zero-order valence-corrected chi connectivity index (χ0v) is 12.9. The number of fused-ring (bicyclic) bond motifs is 1. The Morgan fingerprint density at radius 2 is 1.73 bits per heavy atom. The van der Waals surface area contributed by atoms with Crippen molar-refractivity contribution in [3.05, 3.63) is 42.0 Å². The van der Waals surface area contributed by atoms with Crippen molar-refractivity contribution in [3.8, 4) is 5.75 Å². The molecule has 1 aliphatic heterocycles. The van der Waals surface area contributed by atoms with Crippen molar-refractivity contribution < 1.29 is 9.90 Å². The molecule has 112 valence electrons. The topological polar surface area (TPSA) is 62.0 Å². The van der Waals surface area contributed by atoms with E-state index in [1.165, 1.54) is 0 Å². The van der Waals surface area contributed by atoms with E-state index in [1.807, 2.05) is 44.2 Å². The second-order valence-electron chi connectivity index (χ2n) is 5.80. The summed E-state index contributed by atoms with van der Waals surface area (Å²) < 4.78 is 0. The predicted molar refractivity (Wildman–Crippen MR) is 88.9 cm³/mol. The van der Waals surface area contributed by atoms with E-state index >= 15 is 0 Å². The predicted octanol–water partition coefficient (Wildman–Crippen LogP) is 3.31. The Morgan fingerprint density at radius 1 is 1.09 bits per heavy atom. The van der Waals surface area contributed by atoms with Gasteiger partial charge in [0.2, 0.25) is 5.66 Å². The second-order valence-corrected chi connectivity index (χ2v) is 5.80. The Labute approximate surface area is 129 Å². The number of aliphatic imine (C=N–C) groups is 2. The van der Waals surface area contributed by atoms with Gasteiger partial charge in [-0.3, -0.25) is 14.8 Å². The molecule has 22 heavy (non-hydrogen) atoms. The third-order valence-corrected chi connectivity index (χ3v) is 4.18. The van der Waals surface area contributed by atoms with Gasteiger partial charge in [-0.15, -0.1) is 0 Å². The van der Waals surface area contributed by atoms with Crippen LogP contribution in [0.3, 0.4) is 0 Å². The molecule has 4 nitrogen and oxygen atoms in total. The zero-order valence-electron chi connectivity index (χ0n) is 12.9. The van der Waals surface area contributed by atoms with E-state index in [0.717, 1.165) is 22.2 Å². The third kappa shape index (κ3) is 2.30. The third-order valence-electron chi connectivity index (χ3n) is 4.18. The highest BCUT2D eigenvalue weighted by molar-refractivity contribution is 6.42. The summed E-state index contributed by atoms with van der Waals surface area (Å²) >= 11 is 0. The van der Waals surface area contributed by atoms with E-state index < -0.39 is 5.66 Å². The number of aromatic hydroxyl groups is 1. The lowest BCUT2D eigenvalue weighted by Gasteiger charge is -2.17. The fraction of sp³-hybridized carbons (Fsp3) is 0.278. The first kappa shape index (κ1) is 14.4. The van der Waals surface area contributed by atoms with Crippen molar-refractivity contribution in [3.63, 3.8) is 0 Å². The number of rotatable bonds is 3. The molecule has 0 saturated carbocycles. The Morgan fingerprint density at radius 3 is 2.41 bits per heavy atom. The summed E-state index contributed by atoms with van der Waals surface area (Å²) in [6, 6.07) is 11.2. The summed E-state index contributed by atoms with van der Waals surface area (Å²) in [6.07, 6.45) is 0.108. The lowest BCUT2D eigenvalue weighted by Crippen LogP contribution is -2.31. The molecule has 0 bridgehead atoms. The van der Waals surface area contributed by atoms with Crippen LogP contribution in [0.1, 0.15) is 26.3 Å². The molecule has 0 amide bonds. The van der Waals surface area contributed by atoms with Crippen molar-refractivity contribution in [1.29, 1.82) is 0 Å². The van der Waals surface area contributed by atoms with Crippen molar-refractivity contribution in [1.82, 2.24) is 0 Å². The maximum atomic E-state index is 12.7. The number of phenolic OH excluding ortho intramolecular Hbond substituents is 1. The molecule has 0 aromatic heterocycles. The summed E-state index contributed by atoms with van der Waals surface area (Å²) in [5.74, 6) is 0.0189. The average Bonchev–Trinajstić information content (AvgIpc) is 2.76. The first-order valence-electron chi connectivity index (χ1n) is 7.27. The van der Waals surface area contributed by atoms with E-state index in [-0.39, 0.29) is 18.0 Å². The van der Waals surface area contributed by atoms with Gasteiger partial charge in [0.05, 0.1) is 11.4 Å². The molecule has 0 spiro atoms. The number of hydrogen-bond acceptors (Lipinski definition) is 4. The van der Waals surface area contributed by atoms with Crippen molar-refractivity contribution in [2.24, 2.45) is 9.98 Å². The quantitative estimate of drug-likeness (QED) is 0.944. The normalized spacial score (nSPS) is 16.5. The van der Waals surface area contributed by atoms with E-state index in [2.05, 4.69) is 9.98 Å². The standard InChI is InChI=1S/C18H18N2O2/c1-11-12(2)20-18(3,19-11)17(22)10-15-14-7-5-4-6-13(14)8-9-16(15)21/h4-9,21H,10H2,1-3H3. The van der Waals surface area contributed by atoms with E-state index in [1.54, 1.807) is 13.0 Å². The number of nitrogens with zero attached hydrogens (tertiary/aromatic N) is 2. The largest absolute Gasteiger partial charge is 0.508 e. The minimum Gasteiger partial charge on any atom is -0.508 e. The van der Waals surface area contributed by atoms with Gasteiger partial charge >= 0.3 is 0 Å². The van der Waals surface area contributed by atoms with Crippen LogP contribution in [0.5, 0.6) is 5.75 Å². The van der Waals surface area contributed by atoms with Crippen LogP contribution in [0.4, 0.5) is 0 Å². The Kier molecular flexibility index (Phi) is 3.32. The van der Waals surface area contributed by atoms with Crippen LogP contribution in [0.15, 0.2) is 46.4 Å². The molecule has 4 heteroatoms. The van der Waals surface area contributed by atoms with Gasteiger partial charge in [0.25, 0.3) is 0 Å². The molecule has 0 fully saturated rings. The van der Waals surface area contributed by atoms with Gasteiger partial charge in [-0.05, 0) is 37.6 Å². The molecular formula is C18H18N2O2. The molecule has 2 aromatic carbocycles. The van der Waals surface area contributed by atoms with Crippen molar-refractivity contribution in [2.75, 3.05) is 0 Å². The molecule has 1 N–H and O–H groups in total. The number of ketones is 1. The number of carbonyl (C=O) groups is 1. The molecule has 0 atom stereocenters. The van der Waals surface area contributed by atoms with Crippen LogP contribution in [-0.2, 0) is 11.2 Å². The van der Waals surface area contributed by atoms with Gasteiger partial charge in [0, 0.05) is 12.0 Å². The van der Waals surface area contributed by atoms with Crippen LogP contribution < -0.4 is 0 Å². The van der Waals surface area contributed by atoms with Crippen LogP contribution in [0.2, 0.25) is 0 Å². The Balaban J connectivity index is 2.01. The smallest absolute Gasteiger partial charge is 0.206 e. The summed E-state index contributed by atoms with van der Waals surface area (Å²) in [4.78, 5) is 21.5. The van der Waals surface area contributed by atoms with Gasteiger partial charge < -0.3 is 5.11 Å². The molecule has 2 aromatic rings. The number of phenols is 1. The lowest BCUT2D eigenvalue weighted by molar-refractivity contribution is -0.122. The SMILES string of the molecule is CC1=NC(C)(C(=O)Cc2c(O)ccc3ccccc23)N=C1C. The zero-order chi connectivity index (χ0) is 15.9. The number of hydrogen-bond donors (Lipinski definition) is 1. The van der Waals surface area contributed by atoms with Crippen LogP contribution in [-0.4, -0.2) is 28.0 Å². The maximum Gasteiger partial charge on any atom is 0.206 e. The highest BCUT2D eigenvalue weighted by Gasteiger charge is 2.36. The van der Waals surface area contributed by atoms with E-state index in [0.29, 0.717) is 5.56 Å². The Bertz CT molecular complexity index is 816. The summed E-state index contributed by atoms with van der Waals surface area (Å²) in [5.41, 5.74) is 1.14. The van der Waals surface area contributed by atoms with Crippen LogP contribution in [0, 0.1) is 0 Å². The maximum absolute atomic E-state index is 12.7. The summed E-state index contributed by atoms with van der Waals surface area (Å²) in [7, 11) is 0. The monoisotopic (exact) mass is 294 g/mol. The number of benzene rings is 2. The minimum absolute atomic E-state index is 0.108. The lowest BCUT2D eigenvalue weighted by atomic mass is 9.95.